The summed E-state index contributed by atoms with van der Waals surface area (Å²) in [5.74, 6) is 0.384. The lowest BCUT2D eigenvalue weighted by Crippen LogP contribution is -2.30. The Hall–Kier alpha value is -0.970. The normalized spacial score (nSPS) is 16.8. The van der Waals surface area contributed by atoms with E-state index in [1.807, 2.05) is 0 Å². The van der Waals surface area contributed by atoms with Gasteiger partial charge in [0.2, 0.25) is 0 Å². The second-order valence-corrected chi connectivity index (χ2v) is 5.30. The molecule has 0 aromatic heterocycles. The highest BCUT2D eigenvalue weighted by Gasteiger charge is 2.24. The van der Waals surface area contributed by atoms with Crippen molar-refractivity contribution in [2.75, 3.05) is 26.2 Å². The van der Waals surface area contributed by atoms with Crippen LogP contribution in [0.3, 0.4) is 0 Å². The maximum Gasteiger partial charge on any atom is 0.123 e. The van der Waals surface area contributed by atoms with Crippen molar-refractivity contribution in [3.8, 4) is 0 Å². The molecule has 2 rings (SSSR count). The summed E-state index contributed by atoms with van der Waals surface area (Å²) in [6.45, 7) is 2.38. The predicted octanol–water partition coefficient (Wildman–Crippen LogP) is 2.39. The van der Waals surface area contributed by atoms with Gasteiger partial charge < -0.3 is 10.0 Å². The molecule has 1 atom stereocenters. The number of aliphatic hydroxyl groups excluding tert-OH is 1. The van der Waals surface area contributed by atoms with Crippen molar-refractivity contribution in [1.29, 1.82) is 0 Å². The lowest BCUT2D eigenvalue weighted by molar-refractivity contribution is 0.0654. The number of hydrogen-bond acceptors (Lipinski definition) is 2. The molecule has 105 valence electrons. The fourth-order valence-corrected chi connectivity index (χ4v) is 2.27. The lowest BCUT2D eigenvalue weighted by atomic mass is 10.1. The molecule has 1 aliphatic rings. The van der Waals surface area contributed by atoms with Crippen LogP contribution in [0.5, 0.6) is 0 Å². The van der Waals surface area contributed by atoms with Crippen molar-refractivity contribution >= 4 is 0 Å². The van der Waals surface area contributed by atoms with Crippen molar-refractivity contribution in [3.05, 3.63) is 35.6 Å². The molecule has 1 saturated carbocycles. The summed E-state index contributed by atoms with van der Waals surface area (Å²) in [6, 6.07) is 5.92. The van der Waals surface area contributed by atoms with Crippen LogP contribution in [-0.4, -0.2) is 36.2 Å². The summed E-state index contributed by atoms with van der Waals surface area (Å²) < 4.78 is 13.0. The Morgan fingerprint density at radius 1 is 1.37 bits per heavy atom. The fourth-order valence-electron chi connectivity index (χ4n) is 2.27. The first-order chi connectivity index (χ1) is 9.19. The predicted molar refractivity (Wildman–Crippen MR) is 70.7 cm³/mol. The van der Waals surface area contributed by atoms with E-state index < -0.39 is 6.10 Å². The van der Waals surface area contributed by atoms with E-state index in [1.165, 1.54) is 25.0 Å². The second-order valence-electron chi connectivity index (χ2n) is 5.30. The van der Waals surface area contributed by atoms with E-state index in [-0.39, 0.29) is 12.4 Å². The summed E-state index contributed by atoms with van der Waals surface area (Å²) in [5.41, 5.74) is 0.510. The molecule has 0 spiro atoms. The van der Waals surface area contributed by atoms with Gasteiger partial charge in [0, 0.05) is 19.6 Å². The number of nitrogens with zero attached hydrogens (tertiary/aromatic N) is 1. The minimum atomic E-state index is -0.893. The first kappa shape index (κ1) is 14.4. The molecule has 0 saturated heterocycles. The highest BCUT2D eigenvalue weighted by Crippen LogP contribution is 2.30. The van der Waals surface area contributed by atoms with Gasteiger partial charge in [-0.05, 0) is 42.9 Å². The number of halogens is 1. The fraction of sp³-hybridized carbons (Fsp3) is 0.600. The minimum absolute atomic E-state index is 0.121. The van der Waals surface area contributed by atoms with Crippen molar-refractivity contribution in [3.63, 3.8) is 0 Å². The molecule has 1 fully saturated rings. The van der Waals surface area contributed by atoms with Gasteiger partial charge in [0.1, 0.15) is 11.9 Å². The van der Waals surface area contributed by atoms with E-state index >= 15 is 0 Å². The topological polar surface area (TPSA) is 43.4 Å². The zero-order valence-electron chi connectivity index (χ0n) is 11.1. The van der Waals surface area contributed by atoms with Crippen LogP contribution in [0.15, 0.2) is 24.3 Å². The van der Waals surface area contributed by atoms with E-state index in [2.05, 4.69) is 4.90 Å². The average Bonchev–Trinajstić information content (AvgIpc) is 3.20. The molecule has 3 nitrogen and oxygen atoms in total. The Morgan fingerprint density at radius 3 is 2.79 bits per heavy atom. The summed E-state index contributed by atoms with van der Waals surface area (Å²) in [4.78, 5) is 2.14. The summed E-state index contributed by atoms with van der Waals surface area (Å²) >= 11 is 0. The molecule has 1 radical (unpaired) electrons. The molecular weight excluding hydrogens is 245 g/mol. The quantitative estimate of drug-likeness (QED) is 0.785. The lowest BCUT2D eigenvalue weighted by Gasteiger charge is -2.22. The zero-order valence-corrected chi connectivity index (χ0v) is 11.1. The van der Waals surface area contributed by atoms with Crippen LogP contribution in [-0.2, 0) is 5.11 Å². The first-order valence-electron chi connectivity index (χ1n) is 6.93. The van der Waals surface area contributed by atoms with Gasteiger partial charge in [0.15, 0.2) is 0 Å². The van der Waals surface area contributed by atoms with Gasteiger partial charge >= 0.3 is 0 Å². The van der Waals surface area contributed by atoms with Gasteiger partial charge in [0.25, 0.3) is 0 Å². The first-order valence-corrected chi connectivity index (χ1v) is 6.93. The molecule has 1 aromatic rings. The van der Waals surface area contributed by atoms with Crippen molar-refractivity contribution in [2.45, 2.75) is 25.4 Å². The van der Waals surface area contributed by atoms with Gasteiger partial charge in [-0.3, -0.25) is 0 Å². The molecule has 1 aromatic carbocycles. The number of hydrogen-bond donors (Lipinski definition) is 1. The monoisotopic (exact) mass is 266 g/mol. The molecule has 0 amide bonds. The Bertz CT molecular complexity index is 395. The number of rotatable bonds is 8. The molecular formula is C15H21FNO2. The van der Waals surface area contributed by atoms with Gasteiger partial charge in [-0.1, -0.05) is 12.1 Å². The van der Waals surface area contributed by atoms with E-state index in [1.54, 1.807) is 12.1 Å². The third kappa shape index (κ3) is 4.90. The average molecular weight is 266 g/mol. The standard InChI is InChI=1S/C15H21FNO2/c16-14-3-1-2-13(10-14)15(19)6-7-17(8-9-18)11-12-4-5-12/h1-3,10,12,15,18H,4-9,11H2. The van der Waals surface area contributed by atoms with E-state index in [0.29, 0.717) is 25.1 Å². The number of aliphatic hydroxyl groups is 1. The smallest absolute Gasteiger partial charge is 0.123 e. The second kappa shape index (κ2) is 6.98. The van der Waals surface area contributed by atoms with Crippen LogP contribution < -0.4 is 0 Å². The highest BCUT2D eigenvalue weighted by atomic mass is 19.1. The van der Waals surface area contributed by atoms with Crippen LogP contribution in [0, 0.1) is 11.7 Å². The van der Waals surface area contributed by atoms with Gasteiger partial charge in [0.05, 0.1) is 6.61 Å². The third-order valence-corrected chi connectivity index (χ3v) is 3.56. The van der Waals surface area contributed by atoms with Crippen LogP contribution in [0.25, 0.3) is 0 Å². The van der Waals surface area contributed by atoms with Crippen LogP contribution in [0.1, 0.15) is 30.9 Å². The maximum atomic E-state index is 13.0. The van der Waals surface area contributed by atoms with Crippen molar-refractivity contribution < 1.29 is 14.6 Å². The van der Waals surface area contributed by atoms with Gasteiger partial charge in [-0.2, -0.15) is 0 Å². The molecule has 1 N–H and O–H groups in total. The highest BCUT2D eigenvalue weighted by molar-refractivity contribution is 5.18. The molecule has 4 heteroatoms. The van der Waals surface area contributed by atoms with E-state index in [4.69, 9.17) is 5.11 Å². The van der Waals surface area contributed by atoms with Crippen LogP contribution >= 0.6 is 0 Å². The maximum absolute atomic E-state index is 13.0. The minimum Gasteiger partial charge on any atom is -0.395 e. The summed E-state index contributed by atoms with van der Waals surface area (Å²) in [5, 5.41) is 21.1. The Balaban J connectivity index is 1.81. The largest absolute Gasteiger partial charge is 0.395 e. The molecule has 1 unspecified atom stereocenters. The van der Waals surface area contributed by atoms with Crippen LogP contribution in [0.2, 0.25) is 0 Å². The molecule has 1 aliphatic carbocycles. The molecule has 0 heterocycles. The Morgan fingerprint density at radius 2 is 2.16 bits per heavy atom. The van der Waals surface area contributed by atoms with Crippen LogP contribution in [0.4, 0.5) is 4.39 Å². The van der Waals surface area contributed by atoms with Crippen molar-refractivity contribution in [2.24, 2.45) is 5.92 Å². The SMILES string of the molecule is [O]C(CCN(CCO)CC1CC1)c1cccc(F)c1. The van der Waals surface area contributed by atoms with E-state index in [9.17, 15) is 9.50 Å². The summed E-state index contributed by atoms with van der Waals surface area (Å²) in [7, 11) is 0. The van der Waals surface area contributed by atoms with Crippen molar-refractivity contribution in [1.82, 2.24) is 4.90 Å². The van der Waals surface area contributed by atoms with Gasteiger partial charge in [-0.25, -0.2) is 9.50 Å². The Kier molecular flexibility index (Phi) is 5.31. The molecule has 0 bridgehead atoms. The molecule has 19 heavy (non-hydrogen) atoms. The summed E-state index contributed by atoms with van der Waals surface area (Å²) in [6.07, 6.45) is 2.08. The zero-order chi connectivity index (χ0) is 13.7. The third-order valence-electron chi connectivity index (χ3n) is 3.56. The van der Waals surface area contributed by atoms with E-state index in [0.717, 1.165) is 12.5 Å². The Labute approximate surface area is 113 Å². The molecule has 0 aliphatic heterocycles. The van der Waals surface area contributed by atoms with Gasteiger partial charge in [-0.15, -0.1) is 0 Å². The number of benzene rings is 1.